The summed E-state index contributed by atoms with van der Waals surface area (Å²) in [5.74, 6) is -0.804. The Kier molecular flexibility index (Phi) is 7.03. The van der Waals surface area contributed by atoms with Gasteiger partial charge in [-0.1, -0.05) is 34.8 Å². The molecule has 1 aliphatic heterocycles. The molecule has 11 heteroatoms. The summed E-state index contributed by atoms with van der Waals surface area (Å²) in [5, 5.41) is 3.50. The molecule has 1 heterocycles. The fraction of sp³-hybridized carbons (Fsp3) is 0.278. The third kappa shape index (κ3) is 5.39. The molecule has 1 fully saturated rings. The number of nitrogens with one attached hydrogen (secondary N) is 1. The van der Waals surface area contributed by atoms with E-state index in [9.17, 15) is 17.6 Å². The molecule has 2 aromatic carbocycles. The molecule has 29 heavy (non-hydrogen) atoms. The molecular formula is C18H17Cl3FN3O3S. The summed E-state index contributed by atoms with van der Waals surface area (Å²) in [6.07, 6.45) is 0. The number of carbonyl (C=O) groups excluding carboxylic acids is 1. The van der Waals surface area contributed by atoms with Crippen molar-refractivity contribution in [2.45, 2.75) is 4.90 Å². The second-order valence-electron chi connectivity index (χ2n) is 6.43. The van der Waals surface area contributed by atoms with E-state index in [1.54, 1.807) is 0 Å². The molecule has 0 bridgehead atoms. The van der Waals surface area contributed by atoms with E-state index in [4.69, 9.17) is 34.8 Å². The van der Waals surface area contributed by atoms with Gasteiger partial charge < -0.3 is 5.32 Å². The van der Waals surface area contributed by atoms with Crippen molar-refractivity contribution in [2.24, 2.45) is 0 Å². The molecule has 0 radical (unpaired) electrons. The molecule has 1 amide bonds. The van der Waals surface area contributed by atoms with Gasteiger partial charge in [0.15, 0.2) is 0 Å². The van der Waals surface area contributed by atoms with Gasteiger partial charge in [0.2, 0.25) is 15.9 Å². The van der Waals surface area contributed by atoms with Crippen LogP contribution in [-0.2, 0) is 14.8 Å². The van der Waals surface area contributed by atoms with Crippen molar-refractivity contribution in [3.05, 3.63) is 57.3 Å². The number of benzene rings is 2. The van der Waals surface area contributed by atoms with Gasteiger partial charge in [-0.3, -0.25) is 9.69 Å². The largest absolute Gasteiger partial charge is 0.324 e. The molecule has 0 aliphatic carbocycles. The zero-order valence-electron chi connectivity index (χ0n) is 15.0. The Hall–Kier alpha value is -1.42. The average molecular weight is 481 g/mol. The number of rotatable bonds is 5. The second-order valence-corrected chi connectivity index (χ2v) is 9.59. The van der Waals surface area contributed by atoms with Gasteiger partial charge in [-0.2, -0.15) is 4.31 Å². The highest BCUT2D eigenvalue weighted by atomic mass is 35.5. The Balaban J connectivity index is 1.56. The molecule has 1 saturated heterocycles. The van der Waals surface area contributed by atoms with Crippen LogP contribution in [0.3, 0.4) is 0 Å². The highest BCUT2D eigenvalue weighted by molar-refractivity contribution is 7.89. The van der Waals surface area contributed by atoms with Crippen molar-refractivity contribution in [3.63, 3.8) is 0 Å². The van der Waals surface area contributed by atoms with Crippen LogP contribution in [0.25, 0.3) is 0 Å². The third-order valence-electron chi connectivity index (χ3n) is 4.43. The van der Waals surface area contributed by atoms with E-state index in [2.05, 4.69) is 5.32 Å². The Morgan fingerprint density at radius 3 is 2.17 bits per heavy atom. The molecule has 1 aliphatic rings. The number of nitrogens with zero attached hydrogens (tertiary/aromatic N) is 2. The molecule has 2 aromatic rings. The fourth-order valence-corrected chi connectivity index (χ4v) is 4.91. The topological polar surface area (TPSA) is 69.7 Å². The Morgan fingerprint density at radius 1 is 0.966 bits per heavy atom. The maximum atomic E-state index is 13.0. The number of carbonyl (C=O) groups is 1. The van der Waals surface area contributed by atoms with Crippen molar-refractivity contribution in [1.29, 1.82) is 0 Å². The van der Waals surface area contributed by atoms with Crippen molar-refractivity contribution in [3.8, 4) is 0 Å². The van der Waals surface area contributed by atoms with Gasteiger partial charge in [-0.25, -0.2) is 12.8 Å². The van der Waals surface area contributed by atoms with E-state index in [0.717, 1.165) is 12.1 Å². The Bertz CT molecular complexity index is 1010. The first-order chi connectivity index (χ1) is 13.7. The fourth-order valence-electron chi connectivity index (χ4n) is 2.89. The standard InChI is InChI=1S/C18H17Cl3FN3O3S/c19-14-9-16(21)17(10-15(14)20)23-18(26)11-24-5-7-25(8-6-24)29(27,28)13-3-1-12(22)2-4-13/h1-4,9-10H,5-8,11H2,(H,23,26). The van der Waals surface area contributed by atoms with Crippen molar-refractivity contribution in [2.75, 3.05) is 38.0 Å². The van der Waals surface area contributed by atoms with Crippen LogP contribution in [0, 0.1) is 5.82 Å². The molecule has 0 spiro atoms. The number of halogens is 4. The van der Waals surface area contributed by atoms with Gasteiger partial charge in [-0.15, -0.1) is 0 Å². The van der Waals surface area contributed by atoms with Crippen LogP contribution < -0.4 is 5.32 Å². The van der Waals surface area contributed by atoms with Gasteiger partial charge in [0.25, 0.3) is 0 Å². The molecule has 0 unspecified atom stereocenters. The SMILES string of the molecule is O=C(CN1CCN(S(=O)(=O)c2ccc(F)cc2)CC1)Nc1cc(Cl)c(Cl)cc1Cl. The summed E-state index contributed by atoms with van der Waals surface area (Å²) in [6, 6.07) is 7.62. The van der Waals surface area contributed by atoms with E-state index in [1.165, 1.54) is 28.6 Å². The average Bonchev–Trinajstić information content (AvgIpc) is 2.67. The number of anilines is 1. The maximum Gasteiger partial charge on any atom is 0.243 e. The molecule has 0 saturated carbocycles. The van der Waals surface area contributed by atoms with Crippen LogP contribution in [0.2, 0.25) is 15.1 Å². The molecule has 1 N–H and O–H groups in total. The lowest BCUT2D eigenvalue weighted by atomic mass is 10.3. The maximum absolute atomic E-state index is 13.0. The van der Waals surface area contributed by atoms with Crippen LogP contribution >= 0.6 is 34.8 Å². The van der Waals surface area contributed by atoms with Crippen molar-refractivity contribution >= 4 is 56.4 Å². The normalized spacial score (nSPS) is 16.0. The van der Waals surface area contributed by atoms with E-state index in [0.29, 0.717) is 18.8 Å². The van der Waals surface area contributed by atoms with Crippen LogP contribution in [0.4, 0.5) is 10.1 Å². The first kappa shape index (κ1) is 22.3. The monoisotopic (exact) mass is 479 g/mol. The predicted molar refractivity (Wildman–Crippen MR) is 112 cm³/mol. The van der Waals surface area contributed by atoms with E-state index in [-0.39, 0.29) is 45.5 Å². The zero-order valence-corrected chi connectivity index (χ0v) is 18.1. The quantitative estimate of drug-likeness (QED) is 0.662. The summed E-state index contributed by atoms with van der Waals surface area (Å²) < 4.78 is 39.6. The lowest BCUT2D eigenvalue weighted by Crippen LogP contribution is -2.50. The molecule has 6 nitrogen and oxygen atoms in total. The minimum atomic E-state index is -3.70. The van der Waals surface area contributed by atoms with Gasteiger partial charge in [0, 0.05) is 26.2 Å². The molecule has 156 valence electrons. The first-order valence-corrected chi connectivity index (χ1v) is 11.2. The lowest BCUT2D eigenvalue weighted by Gasteiger charge is -2.33. The first-order valence-electron chi connectivity index (χ1n) is 8.59. The second kappa shape index (κ2) is 9.16. The molecular weight excluding hydrogens is 464 g/mol. The number of hydrogen-bond donors (Lipinski definition) is 1. The Labute approximate surface area is 183 Å². The van der Waals surface area contributed by atoms with E-state index in [1.807, 2.05) is 4.90 Å². The third-order valence-corrected chi connectivity index (χ3v) is 7.38. The van der Waals surface area contributed by atoms with Crippen LogP contribution in [0.1, 0.15) is 0 Å². The van der Waals surface area contributed by atoms with Crippen LogP contribution in [0.15, 0.2) is 41.3 Å². The summed E-state index contributed by atoms with van der Waals surface area (Å²) in [5.41, 5.74) is 0.351. The Morgan fingerprint density at radius 2 is 1.55 bits per heavy atom. The van der Waals surface area contributed by atoms with Crippen LogP contribution in [0.5, 0.6) is 0 Å². The van der Waals surface area contributed by atoms with Crippen molar-refractivity contribution in [1.82, 2.24) is 9.21 Å². The van der Waals surface area contributed by atoms with Crippen LogP contribution in [-0.4, -0.2) is 56.3 Å². The van der Waals surface area contributed by atoms with Crippen molar-refractivity contribution < 1.29 is 17.6 Å². The van der Waals surface area contributed by atoms with E-state index < -0.39 is 15.8 Å². The van der Waals surface area contributed by atoms with Gasteiger partial charge in [-0.05, 0) is 36.4 Å². The zero-order chi connectivity index (χ0) is 21.2. The van der Waals surface area contributed by atoms with E-state index >= 15 is 0 Å². The number of hydrogen-bond acceptors (Lipinski definition) is 4. The number of amides is 1. The number of piperazine rings is 1. The predicted octanol–water partition coefficient (Wildman–Crippen LogP) is 3.73. The minimum Gasteiger partial charge on any atom is -0.324 e. The highest BCUT2D eigenvalue weighted by Crippen LogP contribution is 2.32. The minimum absolute atomic E-state index is 0.0411. The van der Waals surface area contributed by atoms with Gasteiger partial charge >= 0.3 is 0 Å². The van der Waals surface area contributed by atoms with Gasteiger partial charge in [0.05, 0.1) is 32.2 Å². The summed E-state index contributed by atoms with van der Waals surface area (Å²) in [7, 11) is -3.70. The summed E-state index contributed by atoms with van der Waals surface area (Å²) in [4.78, 5) is 14.2. The number of sulfonamides is 1. The lowest BCUT2D eigenvalue weighted by molar-refractivity contribution is -0.117. The smallest absolute Gasteiger partial charge is 0.243 e. The molecule has 3 rings (SSSR count). The summed E-state index contributed by atoms with van der Waals surface area (Å²) >= 11 is 17.9. The molecule has 0 atom stereocenters. The van der Waals surface area contributed by atoms with Gasteiger partial charge in [0.1, 0.15) is 5.82 Å². The molecule has 0 aromatic heterocycles. The highest BCUT2D eigenvalue weighted by Gasteiger charge is 2.29. The summed E-state index contributed by atoms with van der Waals surface area (Å²) in [6.45, 7) is 1.27.